The lowest BCUT2D eigenvalue weighted by Gasteiger charge is -2.36. The molecule has 0 spiro atoms. The first kappa shape index (κ1) is 17.5. The largest absolute Gasteiger partial charge is 0.481 e. The van der Waals surface area contributed by atoms with E-state index in [0.29, 0.717) is 12.1 Å². The summed E-state index contributed by atoms with van der Waals surface area (Å²) in [6.45, 7) is 0.389. The molecule has 1 aromatic carbocycles. The normalized spacial score (nSPS) is 21.3. The Bertz CT molecular complexity index is 680. The van der Waals surface area contributed by atoms with Gasteiger partial charge in [0.25, 0.3) is 5.91 Å². The zero-order valence-electron chi connectivity index (χ0n) is 14.2. The fraction of sp³-hybridized carbons (Fsp3) is 0.526. The highest BCUT2D eigenvalue weighted by atomic mass is 16.4. The second-order valence-electron chi connectivity index (χ2n) is 7.23. The number of fused-ring (bicyclic) bond motifs is 1. The maximum atomic E-state index is 12.4. The number of hydrogen-bond donors (Lipinski definition) is 3. The molecule has 0 unspecified atom stereocenters. The van der Waals surface area contributed by atoms with Gasteiger partial charge in [-0.2, -0.15) is 0 Å². The number of nitrogens with one attached hydrogen (secondary N) is 2. The Morgan fingerprint density at radius 1 is 1.20 bits per heavy atom. The van der Waals surface area contributed by atoms with Crippen LogP contribution in [0.25, 0.3) is 0 Å². The van der Waals surface area contributed by atoms with E-state index in [1.165, 1.54) is 0 Å². The van der Waals surface area contributed by atoms with E-state index in [9.17, 15) is 19.5 Å². The molecule has 1 aliphatic carbocycles. The molecule has 2 aliphatic rings. The van der Waals surface area contributed by atoms with Crippen molar-refractivity contribution in [2.75, 3.05) is 6.54 Å². The minimum atomic E-state index is -0.812. The molecule has 25 heavy (non-hydrogen) atoms. The van der Waals surface area contributed by atoms with Gasteiger partial charge in [-0.3, -0.25) is 14.4 Å². The second kappa shape index (κ2) is 7.25. The van der Waals surface area contributed by atoms with Gasteiger partial charge in [-0.25, -0.2) is 0 Å². The van der Waals surface area contributed by atoms with Crippen molar-refractivity contribution < 1.29 is 19.5 Å². The average Bonchev–Trinajstić information content (AvgIpc) is 2.90. The van der Waals surface area contributed by atoms with Gasteiger partial charge in [-0.1, -0.05) is 37.5 Å². The van der Waals surface area contributed by atoms with Crippen LogP contribution in [0.1, 0.15) is 66.9 Å². The van der Waals surface area contributed by atoms with Gasteiger partial charge in [0.05, 0.1) is 18.9 Å². The number of carboxylic acids is 1. The van der Waals surface area contributed by atoms with Crippen LogP contribution in [-0.4, -0.2) is 29.4 Å². The van der Waals surface area contributed by atoms with Gasteiger partial charge in [0, 0.05) is 12.1 Å². The summed E-state index contributed by atoms with van der Waals surface area (Å²) in [6.07, 6.45) is 5.08. The number of carboxylic acid groups (broad SMARTS) is 1. The van der Waals surface area contributed by atoms with Crippen molar-refractivity contribution in [2.24, 2.45) is 5.41 Å². The molecule has 1 saturated carbocycles. The van der Waals surface area contributed by atoms with Crippen LogP contribution >= 0.6 is 0 Å². The van der Waals surface area contributed by atoms with E-state index in [4.69, 9.17) is 0 Å². The molecule has 1 atom stereocenters. The summed E-state index contributed by atoms with van der Waals surface area (Å²) >= 11 is 0. The molecule has 0 radical (unpaired) electrons. The van der Waals surface area contributed by atoms with Gasteiger partial charge >= 0.3 is 5.97 Å². The van der Waals surface area contributed by atoms with E-state index in [1.807, 2.05) is 12.1 Å². The molecular weight excluding hydrogens is 320 g/mol. The molecule has 0 aromatic heterocycles. The number of carbonyl (C=O) groups excluding carboxylic acids is 2. The van der Waals surface area contributed by atoms with Crippen LogP contribution < -0.4 is 10.6 Å². The Labute approximate surface area is 147 Å². The number of benzene rings is 1. The molecule has 6 nitrogen and oxygen atoms in total. The minimum Gasteiger partial charge on any atom is -0.481 e. The smallest absolute Gasteiger partial charge is 0.303 e. The lowest BCUT2D eigenvalue weighted by molar-refractivity contribution is -0.140. The minimum absolute atomic E-state index is 0.0935. The van der Waals surface area contributed by atoms with Crippen LogP contribution in [0.15, 0.2) is 24.3 Å². The van der Waals surface area contributed by atoms with Crippen molar-refractivity contribution in [1.29, 1.82) is 0 Å². The molecule has 1 aromatic rings. The van der Waals surface area contributed by atoms with Gasteiger partial charge in [0.2, 0.25) is 5.91 Å². The summed E-state index contributed by atoms with van der Waals surface area (Å²) in [5.41, 5.74) is 1.13. The first-order valence-corrected chi connectivity index (χ1v) is 8.87. The summed E-state index contributed by atoms with van der Waals surface area (Å²) in [4.78, 5) is 35.5. The van der Waals surface area contributed by atoms with Crippen LogP contribution in [0, 0.1) is 5.41 Å². The van der Waals surface area contributed by atoms with Crippen LogP contribution in [0.2, 0.25) is 0 Å². The van der Waals surface area contributed by atoms with E-state index in [-0.39, 0.29) is 36.1 Å². The maximum Gasteiger partial charge on any atom is 0.303 e. The lowest BCUT2D eigenvalue weighted by Crippen LogP contribution is -2.41. The summed E-state index contributed by atoms with van der Waals surface area (Å²) in [5, 5.41) is 15.0. The molecule has 3 rings (SSSR count). The number of amides is 2. The topological polar surface area (TPSA) is 95.5 Å². The van der Waals surface area contributed by atoms with E-state index in [1.54, 1.807) is 12.1 Å². The molecule has 1 aliphatic heterocycles. The standard InChI is InChI=1S/C19H24N2O4/c22-16(10-15-13-6-2-3-7-14(13)18(25)21-15)20-12-19(11-17(23)24)8-4-1-5-9-19/h2-3,6-7,15H,1,4-5,8-12H2,(H,20,22)(H,21,25)(H,23,24)/t15-/m1/s1. The summed E-state index contributed by atoms with van der Waals surface area (Å²) in [7, 11) is 0. The Hall–Kier alpha value is -2.37. The first-order chi connectivity index (χ1) is 12.0. The fourth-order valence-corrected chi connectivity index (χ4v) is 4.06. The summed E-state index contributed by atoms with van der Waals surface area (Å²) < 4.78 is 0. The monoisotopic (exact) mass is 344 g/mol. The summed E-state index contributed by atoms with van der Waals surface area (Å²) in [6, 6.07) is 6.96. The van der Waals surface area contributed by atoms with Gasteiger partial charge in [-0.05, 0) is 29.9 Å². The number of rotatable bonds is 6. The third-order valence-electron chi connectivity index (χ3n) is 5.38. The summed E-state index contributed by atoms with van der Waals surface area (Å²) in [5.74, 6) is -1.12. The first-order valence-electron chi connectivity index (χ1n) is 8.87. The zero-order chi connectivity index (χ0) is 17.9. The van der Waals surface area contributed by atoms with Crippen molar-refractivity contribution in [3.05, 3.63) is 35.4 Å². The molecule has 3 N–H and O–H groups in total. The predicted molar refractivity (Wildman–Crippen MR) is 92.0 cm³/mol. The van der Waals surface area contributed by atoms with Crippen molar-refractivity contribution >= 4 is 17.8 Å². The van der Waals surface area contributed by atoms with Crippen molar-refractivity contribution in [3.8, 4) is 0 Å². The van der Waals surface area contributed by atoms with Gasteiger partial charge in [0.15, 0.2) is 0 Å². The number of aliphatic carboxylic acids is 1. The van der Waals surface area contributed by atoms with Crippen LogP contribution in [0.4, 0.5) is 0 Å². The molecule has 0 bridgehead atoms. The average molecular weight is 344 g/mol. The molecular formula is C19H24N2O4. The van der Waals surface area contributed by atoms with E-state index in [2.05, 4.69) is 10.6 Å². The molecule has 1 fully saturated rings. The maximum absolute atomic E-state index is 12.4. The fourth-order valence-electron chi connectivity index (χ4n) is 4.06. The van der Waals surface area contributed by atoms with Crippen molar-refractivity contribution in [1.82, 2.24) is 10.6 Å². The van der Waals surface area contributed by atoms with E-state index >= 15 is 0 Å². The molecule has 134 valence electrons. The molecule has 2 amide bonds. The van der Waals surface area contributed by atoms with Crippen LogP contribution in [-0.2, 0) is 9.59 Å². The SMILES string of the molecule is O=C(O)CC1(CNC(=O)C[C@H]2NC(=O)c3ccccc32)CCCCC1. The highest BCUT2D eigenvalue weighted by Crippen LogP contribution is 2.39. The third-order valence-corrected chi connectivity index (χ3v) is 5.38. The van der Waals surface area contributed by atoms with Crippen molar-refractivity contribution in [3.63, 3.8) is 0 Å². The third kappa shape index (κ3) is 4.00. The molecule has 1 heterocycles. The van der Waals surface area contributed by atoms with Gasteiger partial charge in [0.1, 0.15) is 0 Å². The van der Waals surface area contributed by atoms with Gasteiger partial charge < -0.3 is 15.7 Å². The van der Waals surface area contributed by atoms with Crippen molar-refractivity contribution in [2.45, 2.75) is 51.0 Å². The van der Waals surface area contributed by atoms with Crippen LogP contribution in [0.3, 0.4) is 0 Å². The zero-order valence-corrected chi connectivity index (χ0v) is 14.2. The molecule has 6 heteroatoms. The second-order valence-corrected chi connectivity index (χ2v) is 7.23. The number of hydrogen-bond acceptors (Lipinski definition) is 3. The Morgan fingerprint density at radius 2 is 1.92 bits per heavy atom. The number of carbonyl (C=O) groups is 3. The predicted octanol–water partition coefficient (Wildman–Crippen LogP) is 2.40. The Morgan fingerprint density at radius 3 is 2.64 bits per heavy atom. The van der Waals surface area contributed by atoms with Gasteiger partial charge in [-0.15, -0.1) is 0 Å². The highest BCUT2D eigenvalue weighted by molar-refractivity contribution is 5.99. The van der Waals surface area contributed by atoms with Crippen LogP contribution in [0.5, 0.6) is 0 Å². The van der Waals surface area contributed by atoms with E-state index in [0.717, 1.165) is 37.7 Å². The lowest BCUT2D eigenvalue weighted by atomic mass is 9.71. The Kier molecular flexibility index (Phi) is 5.06. The highest BCUT2D eigenvalue weighted by Gasteiger charge is 2.35. The quantitative estimate of drug-likeness (QED) is 0.738. The molecule has 0 saturated heterocycles. The van der Waals surface area contributed by atoms with E-state index < -0.39 is 5.97 Å². The Balaban J connectivity index is 1.59.